The zero-order chi connectivity index (χ0) is 15.5. The van der Waals surface area contributed by atoms with Crippen molar-refractivity contribution in [3.8, 4) is 11.5 Å². The predicted molar refractivity (Wildman–Crippen MR) is 104 cm³/mol. The normalized spacial score (nSPS) is 23.0. The Labute approximate surface area is 161 Å². The zero-order valence-electron chi connectivity index (χ0n) is 14.2. The monoisotopic (exact) mass is 381 g/mol. The first kappa shape index (κ1) is 20.0. The molecule has 2 aromatic rings. The van der Waals surface area contributed by atoms with Gasteiger partial charge in [0.05, 0.1) is 0 Å². The molecule has 0 aromatic carbocycles. The van der Waals surface area contributed by atoms with Crippen LogP contribution in [0.3, 0.4) is 0 Å². The first-order chi connectivity index (χ1) is 11.3. The number of nitrogens with one attached hydrogen (secondary N) is 1. The lowest BCUT2D eigenvalue weighted by molar-refractivity contribution is 0.199. The van der Waals surface area contributed by atoms with E-state index in [9.17, 15) is 0 Å². The van der Waals surface area contributed by atoms with E-state index < -0.39 is 0 Å². The van der Waals surface area contributed by atoms with Gasteiger partial charge in [0, 0.05) is 43.8 Å². The van der Waals surface area contributed by atoms with E-state index in [4.69, 9.17) is 0 Å². The molecule has 0 bridgehead atoms. The molecule has 2 aliphatic rings. The molecule has 2 saturated heterocycles. The summed E-state index contributed by atoms with van der Waals surface area (Å²) in [6.07, 6.45) is 9.66. The fourth-order valence-corrected chi connectivity index (χ4v) is 3.86. The maximum Gasteiger partial charge on any atom is 0.178 e. The maximum absolute atomic E-state index is 4.48. The zero-order valence-corrected chi connectivity index (χ0v) is 15.9. The molecule has 2 fully saturated rings. The number of likely N-dealkylation sites (tertiary alicyclic amines) is 1. The molecule has 1 N–H and O–H groups in total. The van der Waals surface area contributed by atoms with E-state index in [0.717, 1.165) is 12.2 Å². The van der Waals surface area contributed by atoms with Crippen LogP contribution in [0.2, 0.25) is 0 Å². The highest BCUT2D eigenvalue weighted by Gasteiger charge is 2.38. The first-order valence-corrected chi connectivity index (χ1v) is 8.48. The Morgan fingerprint density at radius 3 is 2.60 bits per heavy atom. The van der Waals surface area contributed by atoms with Gasteiger partial charge in [0.1, 0.15) is 5.69 Å². The van der Waals surface area contributed by atoms with Gasteiger partial charge in [-0.1, -0.05) is 6.07 Å². The average molecular weight is 382 g/mol. The molecule has 0 amide bonds. The highest BCUT2D eigenvalue weighted by molar-refractivity contribution is 5.85. The van der Waals surface area contributed by atoms with Gasteiger partial charge in [-0.2, -0.15) is 0 Å². The van der Waals surface area contributed by atoms with Crippen LogP contribution in [-0.2, 0) is 6.54 Å². The topological polar surface area (TPSA) is 53.9 Å². The van der Waals surface area contributed by atoms with Crippen LogP contribution in [0.15, 0.2) is 36.8 Å². The molecule has 136 valence electrons. The van der Waals surface area contributed by atoms with Gasteiger partial charge in [0.25, 0.3) is 0 Å². The van der Waals surface area contributed by atoms with E-state index in [-0.39, 0.29) is 24.8 Å². The summed E-state index contributed by atoms with van der Waals surface area (Å²) in [6, 6.07) is 5.80. The van der Waals surface area contributed by atoms with Crippen LogP contribution >= 0.6 is 24.8 Å². The number of aromatic nitrogens is 3. The predicted octanol–water partition coefficient (Wildman–Crippen LogP) is 2.96. The summed E-state index contributed by atoms with van der Waals surface area (Å²) in [6.45, 7) is 5.69. The van der Waals surface area contributed by atoms with Gasteiger partial charge in [0.2, 0.25) is 0 Å². The lowest BCUT2D eigenvalue weighted by atomic mass is 9.80. The molecule has 4 heterocycles. The number of hydrogen-bond acceptors (Lipinski definition) is 5. The van der Waals surface area contributed by atoms with Crippen LogP contribution in [0.1, 0.15) is 24.8 Å². The Hall–Kier alpha value is -1.27. The maximum atomic E-state index is 4.48. The van der Waals surface area contributed by atoms with Gasteiger partial charge < -0.3 is 5.32 Å². The van der Waals surface area contributed by atoms with Crippen molar-refractivity contribution in [1.29, 1.82) is 0 Å². The van der Waals surface area contributed by atoms with Crippen molar-refractivity contribution < 1.29 is 0 Å². The molecule has 5 nitrogen and oxygen atoms in total. The highest BCUT2D eigenvalue weighted by atomic mass is 35.5. The van der Waals surface area contributed by atoms with Gasteiger partial charge in [-0.25, -0.2) is 9.97 Å². The summed E-state index contributed by atoms with van der Waals surface area (Å²) in [5.41, 5.74) is 2.52. The summed E-state index contributed by atoms with van der Waals surface area (Å²) >= 11 is 0. The van der Waals surface area contributed by atoms with Gasteiger partial charge in [-0.15, -0.1) is 24.8 Å². The fraction of sp³-hybridized carbons (Fsp3) is 0.500. The molecular formula is C18H25Cl2N5. The third-order valence-electron chi connectivity index (χ3n) is 5.08. The van der Waals surface area contributed by atoms with Crippen molar-refractivity contribution >= 4 is 24.8 Å². The summed E-state index contributed by atoms with van der Waals surface area (Å²) in [5.74, 6) is 0.698. The number of nitrogens with zero attached hydrogens (tertiary/aromatic N) is 4. The molecule has 7 heteroatoms. The van der Waals surface area contributed by atoms with Crippen LogP contribution in [0, 0.1) is 5.41 Å². The van der Waals surface area contributed by atoms with Crippen molar-refractivity contribution in [2.24, 2.45) is 5.41 Å². The average Bonchev–Trinajstić information content (AvgIpc) is 2.99. The van der Waals surface area contributed by atoms with Crippen LogP contribution in [-0.4, -0.2) is 46.0 Å². The number of hydrogen-bond donors (Lipinski definition) is 1. The Morgan fingerprint density at radius 1 is 1.08 bits per heavy atom. The smallest absolute Gasteiger partial charge is 0.178 e. The molecule has 4 rings (SSSR count). The molecule has 1 spiro atoms. The Kier molecular flexibility index (Phi) is 7.14. The third-order valence-corrected chi connectivity index (χ3v) is 5.08. The number of halogens is 2. The van der Waals surface area contributed by atoms with E-state index in [1.54, 1.807) is 6.20 Å². The summed E-state index contributed by atoms with van der Waals surface area (Å²) in [4.78, 5) is 15.8. The standard InChI is InChI=1S/C18H23N5.2ClH/c1-2-8-20-16(4-1)17-21-10-15(11-22-17)12-23-9-6-18(14-23)5-3-7-19-13-18;;/h1-2,4,8,10-11,19H,3,5-7,9,12-14H2;2*1H. The van der Waals surface area contributed by atoms with E-state index in [1.807, 2.05) is 30.6 Å². The Morgan fingerprint density at radius 2 is 1.92 bits per heavy atom. The van der Waals surface area contributed by atoms with Crippen molar-refractivity contribution in [1.82, 2.24) is 25.2 Å². The van der Waals surface area contributed by atoms with Crippen molar-refractivity contribution in [3.05, 3.63) is 42.4 Å². The molecule has 2 aliphatic heterocycles. The van der Waals surface area contributed by atoms with Crippen LogP contribution < -0.4 is 5.32 Å². The molecular weight excluding hydrogens is 357 g/mol. The Bertz CT molecular complexity index is 644. The van der Waals surface area contributed by atoms with E-state index in [2.05, 4.69) is 25.2 Å². The van der Waals surface area contributed by atoms with Gasteiger partial charge in [0.15, 0.2) is 5.82 Å². The molecule has 0 saturated carbocycles. The second-order valence-electron chi connectivity index (χ2n) is 6.87. The lowest BCUT2D eigenvalue weighted by Crippen LogP contribution is -2.41. The molecule has 0 radical (unpaired) electrons. The third kappa shape index (κ3) is 4.67. The summed E-state index contributed by atoms with van der Waals surface area (Å²) in [7, 11) is 0. The highest BCUT2D eigenvalue weighted by Crippen LogP contribution is 2.36. The molecule has 1 unspecified atom stereocenters. The molecule has 25 heavy (non-hydrogen) atoms. The largest absolute Gasteiger partial charge is 0.316 e. The second-order valence-corrected chi connectivity index (χ2v) is 6.87. The lowest BCUT2D eigenvalue weighted by Gasteiger charge is -2.34. The second kappa shape index (κ2) is 8.90. The van der Waals surface area contributed by atoms with E-state index in [0.29, 0.717) is 11.2 Å². The summed E-state index contributed by atoms with van der Waals surface area (Å²) in [5, 5.41) is 3.57. The fourth-order valence-electron chi connectivity index (χ4n) is 3.86. The molecule has 2 aromatic heterocycles. The van der Waals surface area contributed by atoms with Gasteiger partial charge >= 0.3 is 0 Å². The first-order valence-electron chi connectivity index (χ1n) is 8.48. The van der Waals surface area contributed by atoms with Crippen molar-refractivity contribution in [2.45, 2.75) is 25.8 Å². The minimum Gasteiger partial charge on any atom is -0.316 e. The van der Waals surface area contributed by atoms with Gasteiger partial charge in [-0.3, -0.25) is 9.88 Å². The van der Waals surface area contributed by atoms with E-state index in [1.165, 1.54) is 51.0 Å². The number of rotatable bonds is 3. The molecule has 0 aliphatic carbocycles. The number of pyridine rings is 1. The SMILES string of the molecule is Cl.Cl.c1ccc(-c2ncc(CN3CCC4(CCCNC4)C3)cn2)nc1. The number of piperidine rings is 1. The van der Waals surface area contributed by atoms with Gasteiger partial charge in [-0.05, 0) is 49.9 Å². The van der Waals surface area contributed by atoms with E-state index >= 15 is 0 Å². The van der Waals surface area contributed by atoms with Crippen molar-refractivity contribution in [2.75, 3.05) is 26.2 Å². The minimum atomic E-state index is 0. The summed E-state index contributed by atoms with van der Waals surface area (Å²) < 4.78 is 0. The quantitative estimate of drug-likeness (QED) is 0.885. The minimum absolute atomic E-state index is 0. The van der Waals surface area contributed by atoms with Crippen LogP contribution in [0.25, 0.3) is 11.5 Å². The Balaban J connectivity index is 0.00000113. The van der Waals surface area contributed by atoms with Crippen LogP contribution in [0.5, 0.6) is 0 Å². The molecule has 1 atom stereocenters. The van der Waals surface area contributed by atoms with Crippen LogP contribution in [0.4, 0.5) is 0 Å². The van der Waals surface area contributed by atoms with Crippen molar-refractivity contribution in [3.63, 3.8) is 0 Å².